The van der Waals surface area contributed by atoms with Crippen LogP contribution in [0.25, 0.3) is 0 Å². The number of carbonyl (C=O) groups excluding carboxylic acids is 2. The summed E-state index contributed by atoms with van der Waals surface area (Å²) >= 11 is 0. The van der Waals surface area contributed by atoms with Gasteiger partial charge in [0.1, 0.15) is 11.5 Å². The van der Waals surface area contributed by atoms with Crippen LogP contribution < -0.4 is 10.6 Å². The largest absolute Gasteiger partial charge is 0.467 e. The Morgan fingerprint density at radius 2 is 1.41 bits per heavy atom. The fourth-order valence-electron chi connectivity index (χ4n) is 2.68. The summed E-state index contributed by atoms with van der Waals surface area (Å²) in [6.07, 6.45) is 3.14. The summed E-state index contributed by atoms with van der Waals surface area (Å²) in [5, 5.41) is 5.69. The summed E-state index contributed by atoms with van der Waals surface area (Å²) in [7, 11) is 3.36. The minimum absolute atomic E-state index is 0.275. The van der Waals surface area contributed by atoms with Crippen molar-refractivity contribution in [3.63, 3.8) is 0 Å². The molecular formula is C21H24N4O4. The molecular weight excluding hydrogens is 372 g/mol. The van der Waals surface area contributed by atoms with E-state index in [1.54, 1.807) is 50.9 Å². The molecule has 0 spiro atoms. The minimum Gasteiger partial charge on any atom is -0.467 e. The van der Waals surface area contributed by atoms with Gasteiger partial charge in [-0.05, 0) is 48.9 Å². The monoisotopic (exact) mass is 396 g/mol. The number of hydrogen-bond acceptors (Lipinski definition) is 4. The van der Waals surface area contributed by atoms with Crippen molar-refractivity contribution in [3.8, 4) is 0 Å². The molecule has 0 saturated carbocycles. The maximum atomic E-state index is 12.5. The topological polar surface area (TPSA) is 91.0 Å². The Morgan fingerprint density at radius 3 is 1.93 bits per heavy atom. The van der Waals surface area contributed by atoms with Crippen molar-refractivity contribution in [2.75, 3.05) is 24.7 Å². The lowest BCUT2D eigenvalue weighted by Crippen LogP contribution is -2.31. The molecule has 0 aliphatic carbocycles. The van der Waals surface area contributed by atoms with Gasteiger partial charge < -0.3 is 29.3 Å². The fraction of sp³-hybridized carbons (Fsp3) is 0.238. The zero-order valence-electron chi connectivity index (χ0n) is 16.6. The molecule has 8 heteroatoms. The van der Waals surface area contributed by atoms with E-state index in [2.05, 4.69) is 10.6 Å². The molecule has 0 aliphatic rings. The molecule has 0 bridgehead atoms. The smallest absolute Gasteiger partial charge is 0.322 e. The van der Waals surface area contributed by atoms with Gasteiger partial charge in [-0.1, -0.05) is 6.07 Å². The summed E-state index contributed by atoms with van der Waals surface area (Å²) in [6.45, 7) is 2.59. The van der Waals surface area contributed by atoms with E-state index < -0.39 is 0 Å². The van der Waals surface area contributed by atoms with Gasteiger partial charge in [0.05, 0.1) is 25.6 Å². The lowest BCUT2D eigenvalue weighted by atomic mass is 10.2. The number of hydrogen-bond donors (Lipinski definition) is 2. The number of urea groups is 2. The maximum absolute atomic E-state index is 12.5. The molecule has 8 nitrogen and oxygen atoms in total. The maximum Gasteiger partial charge on any atom is 0.322 e. The Balaban J connectivity index is 1.61. The molecule has 0 radical (unpaired) electrons. The first-order valence-corrected chi connectivity index (χ1v) is 9.12. The van der Waals surface area contributed by atoms with Crippen LogP contribution in [-0.2, 0) is 13.1 Å². The zero-order valence-corrected chi connectivity index (χ0v) is 16.6. The summed E-state index contributed by atoms with van der Waals surface area (Å²) < 4.78 is 10.5. The highest BCUT2D eigenvalue weighted by Crippen LogP contribution is 2.21. The molecule has 3 rings (SSSR count). The third-order valence-corrected chi connectivity index (χ3v) is 4.37. The second-order valence-electron chi connectivity index (χ2n) is 6.76. The van der Waals surface area contributed by atoms with E-state index in [0.29, 0.717) is 36.0 Å². The van der Waals surface area contributed by atoms with Gasteiger partial charge >= 0.3 is 12.1 Å². The minimum atomic E-state index is -0.280. The van der Waals surface area contributed by atoms with Crippen LogP contribution in [0.3, 0.4) is 0 Å². The lowest BCUT2D eigenvalue weighted by molar-refractivity contribution is 0.216. The Kier molecular flexibility index (Phi) is 6.23. The van der Waals surface area contributed by atoms with Gasteiger partial charge in [0, 0.05) is 25.5 Å². The standard InChI is InChI=1S/C21H24N4O4/c1-15-8-9-16(22-20(26)24(2)13-17-6-4-10-28-17)12-19(15)23-21(27)25(3)14-18-7-5-11-29-18/h4-12H,13-14H2,1-3H3,(H,22,26)(H,23,27). The predicted octanol–water partition coefficient (Wildman–Crippen LogP) is 4.51. The van der Waals surface area contributed by atoms with Crippen molar-refractivity contribution in [2.24, 2.45) is 0 Å². The Labute approximate surface area is 169 Å². The molecule has 2 aromatic heterocycles. The van der Waals surface area contributed by atoms with Gasteiger partial charge in [0.15, 0.2) is 0 Å². The molecule has 0 unspecified atom stereocenters. The number of amides is 4. The first-order chi connectivity index (χ1) is 13.9. The number of aryl methyl sites for hydroxylation is 1. The third kappa shape index (κ3) is 5.41. The van der Waals surface area contributed by atoms with Crippen LogP contribution in [0.2, 0.25) is 0 Å². The molecule has 0 aliphatic heterocycles. The quantitative estimate of drug-likeness (QED) is 0.641. The number of anilines is 2. The summed E-state index contributed by atoms with van der Waals surface area (Å²) in [5.41, 5.74) is 2.08. The highest BCUT2D eigenvalue weighted by atomic mass is 16.3. The van der Waals surface area contributed by atoms with Crippen molar-refractivity contribution in [3.05, 3.63) is 72.1 Å². The van der Waals surface area contributed by atoms with Crippen LogP contribution >= 0.6 is 0 Å². The van der Waals surface area contributed by atoms with Crippen molar-refractivity contribution in [1.29, 1.82) is 0 Å². The molecule has 152 valence electrons. The Hall–Kier alpha value is -3.68. The van der Waals surface area contributed by atoms with Gasteiger partial charge in [0.2, 0.25) is 0 Å². The first-order valence-electron chi connectivity index (χ1n) is 9.12. The third-order valence-electron chi connectivity index (χ3n) is 4.37. The molecule has 2 N–H and O–H groups in total. The van der Waals surface area contributed by atoms with Crippen LogP contribution in [0.1, 0.15) is 17.1 Å². The molecule has 4 amide bonds. The van der Waals surface area contributed by atoms with Crippen molar-refractivity contribution in [2.45, 2.75) is 20.0 Å². The summed E-state index contributed by atoms with van der Waals surface area (Å²) in [6, 6.07) is 12.0. The van der Waals surface area contributed by atoms with Crippen LogP contribution in [0.5, 0.6) is 0 Å². The van der Waals surface area contributed by atoms with E-state index in [9.17, 15) is 9.59 Å². The summed E-state index contributed by atoms with van der Waals surface area (Å²) in [5.74, 6) is 1.39. The van der Waals surface area contributed by atoms with Gasteiger partial charge in [0.25, 0.3) is 0 Å². The predicted molar refractivity (Wildman–Crippen MR) is 110 cm³/mol. The van der Waals surface area contributed by atoms with E-state index in [0.717, 1.165) is 5.56 Å². The van der Waals surface area contributed by atoms with E-state index in [-0.39, 0.29) is 12.1 Å². The SMILES string of the molecule is Cc1ccc(NC(=O)N(C)Cc2ccco2)cc1NC(=O)N(C)Cc1ccco1. The normalized spacial score (nSPS) is 10.4. The number of nitrogens with one attached hydrogen (secondary N) is 2. The second kappa shape index (κ2) is 9.01. The Bertz CT molecular complexity index is 951. The molecule has 0 atom stereocenters. The lowest BCUT2D eigenvalue weighted by Gasteiger charge is -2.19. The summed E-state index contributed by atoms with van der Waals surface area (Å²) in [4.78, 5) is 27.9. The number of nitrogens with zero attached hydrogens (tertiary/aromatic N) is 2. The Morgan fingerprint density at radius 1 is 0.862 bits per heavy atom. The van der Waals surface area contributed by atoms with E-state index >= 15 is 0 Å². The zero-order chi connectivity index (χ0) is 20.8. The second-order valence-corrected chi connectivity index (χ2v) is 6.76. The van der Waals surface area contributed by atoms with E-state index in [4.69, 9.17) is 8.83 Å². The average Bonchev–Trinajstić information content (AvgIpc) is 3.38. The number of rotatable bonds is 6. The molecule has 3 aromatic rings. The van der Waals surface area contributed by atoms with Gasteiger partial charge in [-0.15, -0.1) is 0 Å². The van der Waals surface area contributed by atoms with Crippen LogP contribution in [0.15, 0.2) is 63.8 Å². The van der Waals surface area contributed by atoms with E-state index in [1.807, 2.05) is 25.1 Å². The highest BCUT2D eigenvalue weighted by Gasteiger charge is 2.14. The number of benzene rings is 1. The first kappa shape index (κ1) is 20.1. The van der Waals surface area contributed by atoms with Crippen molar-refractivity contribution < 1.29 is 18.4 Å². The molecule has 0 fully saturated rings. The molecule has 0 saturated heterocycles. The van der Waals surface area contributed by atoms with Crippen molar-refractivity contribution in [1.82, 2.24) is 9.80 Å². The molecule has 2 heterocycles. The van der Waals surface area contributed by atoms with Crippen molar-refractivity contribution >= 4 is 23.4 Å². The fourth-order valence-corrected chi connectivity index (χ4v) is 2.68. The van der Waals surface area contributed by atoms with Gasteiger partial charge in [-0.25, -0.2) is 9.59 Å². The molecule has 1 aromatic carbocycles. The van der Waals surface area contributed by atoms with Crippen LogP contribution in [-0.4, -0.2) is 36.0 Å². The number of carbonyl (C=O) groups is 2. The van der Waals surface area contributed by atoms with Crippen LogP contribution in [0, 0.1) is 6.92 Å². The van der Waals surface area contributed by atoms with E-state index in [1.165, 1.54) is 9.80 Å². The average molecular weight is 396 g/mol. The van der Waals surface area contributed by atoms with Gasteiger partial charge in [-0.2, -0.15) is 0 Å². The van der Waals surface area contributed by atoms with Gasteiger partial charge in [-0.3, -0.25) is 0 Å². The molecule has 29 heavy (non-hydrogen) atoms. The van der Waals surface area contributed by atoms with Crippen LogP contribution in [0.4, 0.5) is 21.0 Å². The highest BCUT2D eigenvalue weighted by molar-refractivity contribution is 5.93. The number of furan rings is 2.